The van der Waals surface area contributed by atoms with E-state index in [4.69, 9.17) is 10.5 Å². The van der Waals surface area contributed by atoms with E-state index in [-0.39, 0.29) is 5.41 Å². The van der Waals surface area contributed by atoms with E-state index in [1.54, 1.807) is 4.68 Å². The number of hydrogen-bond acceptors (Lipinski definition) is 4. The van der Waals surface area contributed by atoms with E-state index in [0.29, 0.717) is 13.2 Å². The van der Waals surface area contributed by atoms with Gasteiger partial charge in [0, 0.05) is 37.2 Å². The van der Waals surface area contributed by atoms with Crippen molar-refractivity contribution in [2.75, 3.05) is 13.2 Å². The fourth-order valence-corrected chi connectivity index (χ4v) is 2.81. The van der Waals surface area contributed by atoms with Gasteiger partial charge in [0.25, 0.3) is 0 Å². The highest BCUT2D eigenvalue weighted by Gasteiger charge is 2.37. The van der Waals surface area contributed by atoms with E-state index in [1.165, 1.54) is 5.56 Å². The number of fused-ring (bicyclic) bond motifs is 1. The van der Waals surface area contributed by atoms with Crippen molar-refractivity contribution in [1.82, 2.24) is 15.0 Å². The minimum atomic E-state index is -0.0924. The number of nitrogens with two attached hydrogens (primary N) is 1. The zero-order valence-electron chi connectivity index (χ0n) is 11.0. The molecule has 1 unspecified atom stereocenters. The second-order valence-electron chi connectivity index (χ2n) is 5.14. The summed E-state index contributed by atoms with van der Waals surface area (Å²) < 4.78 is 7.45. The van der Waals surface area contributed by atoms with E-state index in [2.05, 4.69) is 16.4 Å². The summed E-state index contributed by atoms with van der Waals surface area (Å²) in [5.74, 6) is 0.947. The zero-order chi connectivity index (χ0) is 13.3. The molecule has 0 radical (unpaired) electrons. The molecule has 0 spiro atoms. The molecule has 1 aromatic heterocycles. The van der Waals surface area contributed by atoms with Gasteiger partial charge in [0.2, 0.25) is 0 Å². The number of para-hydroxylation sites is 1. The van der Waals surface area contributed by atoms with Gasteiger partial charge in [0.05, 0.1) is 12.3 Å². The number of nitrogens with zero attached hydrogens (tertiary/aromatic N) is 3. The molecule has 1 atom stereocenters. The summed E-state index contributed by atoms with van der Waals surface area (Å²) >= 11 is 0. The van der Waals surface area contributed by atoms with Crippen LogP contribution in [0.3, 0.4) is 0 Å². The normalized spacial score (nSPS) is 21.8. The fraction of sp³-hybridized carbons (Fsp3) is 0.429. The van der Waals surface area contributed by atoms with Crippen molar-refractivity contribution in [3.05, 3.63) is 41.7 Å². The van der Waals surface area contributed by atoms with E-state index in [1.807, 2.05) is 31.4 Å². The quantitative estimate of drug-likeness (QED) is 0.893. The maximum atomic E-state index is 6.10. The molecule has 0 amide bonds. The highest BCUT2D eigenvalue weighted by molar-refractivity contribution is 5.42. The summed E-state index contributed by atoms with van der Waals surface area (Å²) in [6, 6.07) is 8.15. The average Bonchev–Trinajstić information content (AvgIpc) is 2.84. The Bertz CT molecular complexity index is 580. The molecule has 1 aliphatic heterocycles. The van der Waals surface area contributed by atoms with E-state index in [0.717, 1.165) is 24.3 Å². The van der Waals surface area contributed by atoms with Gasteiger partial charge in [0.1, 0.15) is 5.75 Å². The summed E-state index contributed by atoms with van der Waals surface area (Å²) in [7, 11) is 1.88. The number of rotatable bonds is 3. The Kier molecular flexibility index (Phi) is 2.98. The third-order valence-corrected chi connectivity index (χ3v) is 3.86. The molecule has 0 aliphatic carbocycles. The van der Waals surface area contributed by atoms with Gasteiger partial charge in [-0.05, 0) is 12.5 Å². The van der Waals surface area contributed by atoms with Gasteiger partial charge < -0.3 is 10.5 Å². The van der Waals surface area contributed by atoms with Gasteiger partial charge >= 0.3 is 0 Å². The third-order valence-electron chi connectivity index (χ3n) is 3.86. The molecule has 3 rings (SSSR count). The lowest BCUT2D eigenvalue weighted by atomic mass is 9.73. The number of hydrogen-bond donors (Lipinski definition) is 1. The number of aromatic nitrogens is 3. The smallest absolute Gasteiger partial charge is 0.123 e. The first-order valence-corrected chi connectivity index (χ1v) is 6.51. The molecule has 0 saturated carbocycles. The first-order chi connectivity index (χ1) is 9.23. The molecular formula is C14H18N4O. The van der Waals surface area contributed by atoms with Crippen LogP contribution >= 0.6 is 0 Å². The number of aryl methyl sites for hydroxylation is 1. The Hall–Kier alpha value is -1.88. The average molecular weight is 258 g/mol. The van der Waals surface area contributed by atoms with Gasteiger partial charge in [-0.25, -0.2) is 0 Å². The largest absolute Gasteiger partial charge is 0.493 e. The van der Waals surface area contributed by atoms with Crippen molar-refractivity contribution >= 4 is 0 Å². The predicted molar refractivity (Wildman–Crippen MR) is 72.0 cm³/mol. The van der Waals surface area contributed by atoms with Crippen LogP contribution in [0.15, 0.2) is 30.5 Å². The van der Waals surface area contributed by atoms with Crippen molar-refractivity contribution in [2.45, 2.75) is 18.3 Å². The Labute approximate surface area is 112 Å². The molecule has 1 aliphatic rings. The third kappa shape index (κ3) is 2.10. The Balaban J connectivity index is 2.00. The topological polar surface area (TPSA) is 66.0 Å². The van der Waals surface area contributed by atoms with Gasteiger partial charge in [0.15, 0.2) is 0 Å². The van der Waals surface area contributed by atoms with Crippen molar-refractivity contribution in [1.29, 1.82) is 0 Å². The van der Waals surface area contributed by atoms with E-state index < -0.39 is 0 Å². The SMILES string of the molecule is Cn1cc(CC2(CN)CCOc3ccccc32)nn1. The molecule has 2 aromatic rings. The van der Waals surface area contributed by atoms with Gasteiger partial charge in [-0.2, -0.15) is 0 Å². The highest BCUT2D eigenvalue weighted by Crippen LogP contribution is 2.40. The predicted octanol–water partition coefficient (Wildman–Crippen LogP) is 1.04. The number of ether oxygens (including phenoxy) is 1. The molecule has 2 heterocycles. The van der Waals surface area contributed by atoms with Crippen LogP contribution in [0.5, 0.6) is 5.75 Å². The fourth-order valence-electron chi connectivity index (χ4n) is 2.81. The van der Waals surface area contributed by atoms with Crippen molar-refractivity contribution in [3.8, 4) is 5.75 Å². The molecule has 2 N–H and O–H groups in total. The maximum Gasteiger partial charge on any atom is 0.123 e. The summed E-state index contributed by atoms with van der Waals surface area (Å²) in [5.41, 5.74) is 8.17. The first-order valence-electron chi connectivity index (χ1n) is 6.51. The maximum absolute atomic E-state index is 6.10. The summed E-state index contributed by atoms with van der Waals surface area (Å²) in [4.78, 5) is 0. The van der Waals surface area contributed by atoms with Gasteiger partial charge in [-0.3, -0.25) is 4.68 Å². The van der Waals surface area contributed by atoms with E-state index >= 15 is 0 Å². The molecular weight excluding hydrogens is 240 g/mol. The van der Waals surface area contributed by atoms with Crippen molar-refractivity contribution in [3.63, 3.8) is 0 Å². The molecule has 0 bridgehead atoms. The minimum absolute atomic E-state index is 0.0924. The van der Waals surface area contributed by atoms with Gasteiger partial charge in [-0.1, -0.05) is 23.4 Å². The van der Waals surface area contributed by atoms with Crippen LogP contribution in [0.1, 0.15) is 17.7 Å². The van der Waals surface area contributed by atoms with Crippen LogP contribution in [0.2, 0.25) is 0 Å². The minimum Gasteiger partial charge on any atom is -0.493 e. The standard InChI is InChI=1S/C14H18N4O/c1-18-9-11(16-17-18)8-14(10-15)6-7-19-13-5-3-2-4-12(13)14/h2-5,9H,6-8,10,15H2,1H3. The molecule has 1 aromatic carbocycles. The lowest BCUT2D eigenvalue weighted by Gasteiger charge is -2.37. The summed E-state index contributed by atoms with van der Waals surface area (Å²) in [5, 5.41) is 8.19. The Morgan fingerprint density at radius 1 is 1.42 bits per heavy atom. The Morgan fingerprint density at radius 3 is 3.00 bits per heavy atom. The lowest BCUT2D eigenvalue weighted by Crippen LogP contribution is -2.41. The highest BCUT2D eigenvalue weighted by atomic mass is 16.5. The van der Waals surface area contributed by atoms with Crippen LogP contribution < -0.4 is 10.5 Å². The lowest BCUT2D eigenvalue weighted by molar-refractivity contribution is 0.214. The van der Waals surface area contributed by atoms with Crippen molar-refractivity contribution in [2.24, 2.45) is 12.8 Å². The van der Waals surface area contributed by atoms with Crippen LogP contribution in [0.25, 0.3) is 0 Å². The van der Waals surface area contributed by atoms with Gasteiger partial charge in [-0.15, -0.1) is 5.10 Å². The Morgan fingerprint density at radius 2 is 2.26 bits per heavy atom. The van der Waals surface area contributed by atoms with Crippen LogP contribution in [-0.2, 0) is 18.9 Å². The molecule has 5 heteroatoms. The van der Waals surface area contributed by atoms with Crippen molar-refractivity contribution < 1.29 is 4.74 Å². The monoisotopic (exact) mass is 258 g/mol. The summed E-state index contributed by atoms with van der Waals surface area (Å²) in [6.45, 7) is 1.29. The second-order valence-corrected chi connectivity index (χ2v) is 5.14. The second kappa shape index (κ2) is 4.66. The van der Waals surface area contributed by atoms with Crippen LogP contribution in [0.4, 0.5) is 0 Å². The molecule has 100 valence electrons. The van der Waals surface area contributed by atoms with Crippen LogP contribution in [0, 0.1) is 0 Å². The van der Waals surface area contributed by atoms with E-state index in [9.17, 15) is 0 Å². The first kappa shape index (κ1) is 12.2. The summed E-state index contributed by atoms with van der Waals surface area (Å²) in [6.07, 6.45) is 3.67. The molecule has 5 nitrogen and oxygen atoms in total. The molecule has 19 heavy (non-hydrogen) atoms. The number of benzene rings is 1. The zero-order valence-corrected chi connectivity index (χ0v) is 11.0. The van der Waals surface area contributed by atoms with Crippen LogP contribution in [-0.4, -0.2) is 28.1 Å². The molecule has 0 saturated heterocycles. The molecule has 0 fully saturated rings.